The van der Waals surface area contributed by atoms with Crippen LogP contribution in [0.4, 0.5) is 0 Å². The number of nitrogens with zero attached hydrogens (tertiary/aromatic N) is 2. The van der Waals surface area contributed by atoms with Gasteiger partial charge in [-0.15, -0.1) is 0 Å². The maximum atomic E-state index is 13.2. The van der Waals surface area contributed by atoms with Crippen LogP contribution in [-0.4, -0.2) is 16.6 Å². The van der Waals surface area contributed by atoms with Crippen LogP contribution in [-0.2, 0) is 0 Å². The van der Waals surface area contributed by atoms with Crippen molar-refractivity contribution in [3.63, 3.8) is 0 Å². The maximum absolute atomic E-state index is 13.2. The molecule has 1 amide bonds. The van der Waals surface area contributed by atoms with Crippen LogP contribution in [0.15, 0.2) is 84.0 Å². The Morgan fingerprint density at radius 2 is 1.56 bits per heavy atom. The van der Waals surface area contributed by atoms with E-state index in [2.05, 4.69) is 5.10 Å². The predicted molar refractivity (Wildman–Crippen MR) is 109 cm³/mol. The van der Waals surface area contributed by atoms with Gasteiger partial charge in [0.15, 0.2) is 0 Å². The molecule has 3 nitrogen and oxygen atoms in total. The number of carbonyl (C=O) groups is 1. The summed E-state index contributed by atoms with van der Waals surface area (Å²) in [5.74, 6) is -0.210. The van der Waals surface area contributed by atoms with Crippen LogP contribution in [0.3, 0.4) is 0 Å². The van der Waals surface area contributed by atoms with Crippen LogP contribution >= 0.6 is 23.2 Å². The first kappa shape index (κ1) is 17.8. The molecule has 1 aliphatic rings. The quantitative estimate of drug-likeness (QED) is 0.537. The van der Waals surface area contributed by atoms with Gasteiger partial charge < -0.3 is 0 Å². The van der Waals surface area contributed by atoms with Crippen LogP contribution < -0.4 is 0 Å². The Balaban J connectivity index is 1.75. The number of hydrogen-bond donors (Lipinski definition) is 0. The molecule has 5 heteroatoms. The molecule has 0 radical (unpaired) electrons. The van der Waals surface area contributed by atoms with Gasteiger partial charge in [0.25, 0.3) is 5.91 Å². The standard InChI is InChI=1S/C22H16Cl2N2O/c23-17-12-10-15(11-13-17)20-14-21(16-6-2-1-3-7-16)26(25-20)22(27)18-8-4-5-9-19(18)24/h1-13,21H,14H2/t21-/m0/s1. The van der Waals surface area contributed by atoms with Crippen molar-refractivity contribution in [3.05, 3.63) is 106 Å². The molecule has 0 saturated carbocycles. The van der Waals surface area contributed by atoms with E-state index in [9.17, 15) is 4.79 Å². The molecule has 0 unspecified atom stereocenters. The summed E-state index contributed by atoms with van der Waals surface area (Å²) in [5.41, 5.74) is 3.28. The van der Waals surface area contributed by atoms with Crippen LogP contribution in [0.1, 0.15) is 33.9 Å². The third-order valence-electron chi connectivity index (χ3n) is 4.58. The van der Waals surface area contributed by atoms with Gasteiger partial charge in [0.1, 0.15) is 0 Å². The lowest BCUT2D eigenvalue weighted by Crippen LogP contribution is -2.27. The highest BCUT2D eigenvalue weighted by Gasteiger charge is 2.34. The van der Waals surface area contributed by atoms with Gasteiger partial charge in [-0.2, -0.15) is 5.10 Å². The van der Waals surface area contributed by atoms with E-state index in [1.165, 1.54) is 0 Å². The van der Waals surface area contributed by atoms with Gasteiger partial charge >= 0.3 is 0 Å². The number of hydrogen-bond acceptors (Lipinski definition) is 2. The highest BCUT2D eigenvalue weighted by atomic mass is 35.5. The van der Waals surface area contributed by atoms with Gasteiger partial charge in [-0.05, 0) is 35.4 Å². The summed E-state index contributed by atoms with van der Waals surface area (Å²) in [4.78, 5) is 13.2. The fraction of sp³-hybridized carbons (Fsp3) is 0.0909. The topological polar surface area (TPSA) is 32.7 Å². The normalized spacial score (nSPS) is 16.3. The molecule has 27 heavy (non-hydrogen) atoms. The summed E-state index contributed by atoms with van der Waals surface area (Å²) in [6.07, 6.45) is 0.627. The minimum atomic E-state index is -0.210. The molecule has 0 fully saturated rings. The van der Waals surface area contributed by atoms with Crippen LogP contribution in [0, 0.1) is 0 Å². The van der Waals surface area contributed by atoms with E-state index in [1.807, 2.05) is 54.6 Å². The molecule has 0 spiro atoms. The Labute approximate surface area is 167 Å². The number of benzene rings is 3. The van der Waals surface area contributed by atoms with Crippen LogP contribution in [0.5, 0.6) is 0 Å². The van der Waals surface area contributed by atoms with Gasteiger partial charge in [0.2, 0.25) is 0 Å². The largest absolute Gasteiger partial charge is 0.276 e. The number of hydrazone groups is 1. The Kier molecular flexibility index (Phi) is 4.97. The molecule has 1 heterocycles. The van der Waals surface area contributed by atoms with E-state index >= 15 is 0 Å². The Bertz CT molecular complexity index is 1000. The first-order valence-electron chi connectivity index (χ1n) is 8.60. The molecule has 3 aromatic rings. The van der Waals surface area contributed by atoms with Gasteiger partial charge in [0.05, 0.1) is 22.3 Å². The zero-order valence-corrected chi connectivity index (χ0v) is 15.9. The van der Waals surface area contributed by atoms with Crippen LogP contribution in [0.2, 0.25) is 10.0 Å². The lowest BCUT2D eigenvalue weighted by Gasteiger charge is -2.22. The number of amides is 1. The van der Waals surface area contributed by atoms with Crippen molar-refractivity contribution >= 4 is 34.8 Å². The molecule has 4 rings (SSSR count). The maximum Gasteiger partial charge on any atom is 0.276 e. The fourth-order valence-corrected chi connectivity index (χ4v) is 3.55. The third kappa shape index (κ3) is 3.61. The molecule has 134 valence electrons. The van der Waals surface area contributed by atoms with E-state index in [0.29, 0.717) is 22.0 Å². The average molecular weight is 395 g/mol. The Morgan fingerprint density at radius 3 is 2.26 bits per heavy atom. The summed E-state index contributed by atoms with van der Waals surface area (Å²) in [6.45, 7) is 0. The first-order chi connectivity index (χ1) is 13.1. The molecular formula is C22H16Cl2N2O. The average Bonchev–Trinajstić information content (AvgIpc) is 3.14. The Hall–Kier alpha value is -2.62. The molecule has 0 aromatic heterocycles. The van der Waals surface area contributed by atoms with Crippen molar-refractivity contribution in [2.45, 2.75) is 12.5 Å². The molecule has 0 bridgehead atoms. The highest BCUT2D eigenvalue weighted by molar-refractivity contribution is 6.33. The lowest BCUT2D eigenvalue weighted by molar-refractivity contribution is 0.0711. The van der Waals surface area contributed by atoms with E-state index in [-0.39, 0.29) is 11.9 Å². The summed E-state index contributed by atoms with van der Waals surface area (Å²) in [7, 11) is 0. The second-order valence-electron chi connectivity index (χ2n) is 6.31. The van der Waals surface area contributed by atoms with Crippen molar-refractivity contribution in [1.82, 2.24) is 5.01 Å². The van der Waals surface area contributed by atoms with Crippen molar-refractivity contribution in [1.29, 1.82) is 0 Å². The van der Waals surface area contributed by atoms with Gasteiger partial charge in [0, 0.05) is 11.4 Å². The van der Waals surface area contributed by atoms with Crippen LogP contribution in [0.25, 0.3) is 0 Å². The second kappa shape index (κ2) is 7.55. The van der Waals surface area contributed by atoms with Crippen molar-refractivity contribution in [2.75, 3.05) is 0 Å². The number of rotatable bonds is 3. The minimum Gasteiger partial charge on any atom is -0.267 e. The van der Waals surface area contributed by atoms with Crippen molar-refractivity contribution in [2.24, 2.45) is 5.10 Å². The summed E-state index contributed by atoms with van der Waals surface area (Å²) in [6, 6.07) is 24.3. The fourth-order valence-electron chi connectivity index (χ4n) is 3.21. The zero-order valence-electron chi connectivity index (χ0n) is 14.3. The smallest absolute Gasteiger partial charge is 0.267 e. The number of carbonyl (C=O) groups excluding carboxylic acids is 1. The SMILES string of the molecule is O=C(c1ccccc1Cl)N1N=C(c2ccc(Cl)cc2)C[C@H]1c1ccccc1. The highest BCUT2D eigenvalue weighted by Crippen LogP contribution is 2.35. The third-order valence-corrected chi connectivity index (χ3v) is 5.17. The molecule has 1 atom stereocenters. The summed E-state index contributed by atoms with van der Waals surface area (Å²) < 4.78 is 0. The zero-order chi connectivity index (χ0) is 18.8. The van der Waals surface area contributed by atoms with E-state index < -0.39 is 0 Å². The summed E-state index contributed by atoms with van der Waals surface area (Å²) in [5, 5.41) is 7.29. The second-order valence-corrected chi connectivity index (χ2v) is 7.16. The van der Waals surface area contributed by atoms with Gasteiger partial charge in [-0.25, -0.2) is 5.01 Å². The lowest BCUT2D eigenvalue weighted by atomic mass is 9.98. The van der Waals surface area contributed by atoms with E-state index in [1.54, 1.807) is 29.3 Å². The first-order valence-corrected chi connectivity index (χ1v) is 9.35. The molecule has 0 saturated heterocycles. The van der Waals surface area contributed by atoms with E-state index in [0.717, 1.165) is 16.8 Å². The van der Waals surface area contributed by atoms with E-state index in [4.69, 9.17) is 23.2 Å². The summed E-state index contributed by atoms with van der Waals surface area (Å²) >= 11 is 12.3. The minimum absolute atomic E-state index is 0.180. The molecular weight excluding hydrogens is 379 g/mol. The monoisotopic (exact) mass is 394 g/mol. The Morgan fingerprint density at radius 1 is 0.889 bits per heavy atom. The van der Waals surface area contributed by atoms with Crippen molar-refractivity contribution in [3.8, 4) is 0 Å². The van der Waals surface area contributed by atoms with Gasteiger partial charge in [-0.1, -0.05) is 77.8 Å². The molecule has 3 aromatic carbocycles. The molecule has 0 aliphatic carbocycles. The van der Waals surface area contributed by atoms with Gasteiger partial charge in [-0.3, -0.25) is 4.79 Å². The predicted octanol–water partition coefficient (Wildman–Crippen LogP) is 5.98. The van der Waals surface area contributed by atoms with Crippen molar-refractivity contribution < 1.29 is 4.79 Å². The number of halogens is 2. The molecule has 1 aliphatic heterocycles. The molecule has 0 N–H and O–H groups in total.